The first-order valence-electron chi connectivity index (χ1n) is 8.58. The predicted molar refractivity (Wildman–Crippen MR) is 98.4 cm³/mol. The first-order valence-corrected chi connectivity index (χ1v) is 10.4. The Balaban J connectivity index is 1.57. The summed E-state index contributed by atoms with van der Waals surface area (Å²) in [5.74, 6) is 1.24. The van der Waals surface area contributed by atoms with Crippen LogP contribution < -0.4 is 0 Å². The molecule has 1 saturated heterocycles. The van der Waals surface area contributed by atoms with Gasteiger partial charge in [0.05, 0.1) is 18.4 Å². The van der Waals surface area contributed by atoms with Crippen LogP contribution in [0.3, 0.4) is 0 Å². The fraction of sp³-hybridized carbons (Fsp3) is 0.588. The summed E-state index contributed by atoms with van der Waals surface area (Å²) >= 11 is 3.38. The van der Waals surface area contributed by atoms with Crippen LogP contribution in [0.25, 0.3) is 0 Å². The van der Waals surface area contributed by atoms with Crippen LogP contribution in [-0.2, 0) is 17.8 Å². The Bertz CT molecular complexity index is 641. The van der Waals surface area contributed by atoms with Crippen molar-refractivity contribution in [3.8, 4) is 0 Å². The smallest absolute Gasteiger partial charge is 0.228 e. The van der Waals surface area contributed by atoms with Crippen molar-refractivity contribution in [3.63, 3.8) is 0 Å². The molecule has 2 aromatic rings. The fourth-order valence-corrected chi connectivity index (χ4v) is 4.90. The van der Waals surface area contributed by atoms with E-state index in [1.807, 2.05) is 17.9 Å². The molecule has 2 aromatic heterocycles. The Kier molecular flexibility index (Phi) is 6.31. The lowest BCUT2D eigenvalue weighted by atomic mass is 9.98. The van der Waals surface area contributed by atoms with E-state index in [1.165, 1.54) is 6.42 Å². The number of rotatable bonds is 7. The van der Waals surface area contributed by atoms with Crippen molar-refractivity contribution in [2.45, 2.75) is 56.0 Å². The van der Waals surface area contributed by atoms with E-state index < -0.39 is 0 Å². The van der Waals surface area contributed by atoms with Crippen LogP contribution in [0.1, 0.15) is 38.3 Å². The summed E-state index contributed by atoms with van der Waals surface area (Å²) in [6.45, 7) is 3.92. The van der Waals surface area contributed by atoms with Gasteiger partial charge in [-0.3, -0.25) is 4.79 Å². The van der Waals surface area contributed by atoms with Crippen LogP contribution in [-0.4, -0.2) is 43.7 Å². The number of nitrogens with zero attached hydrogens (tertiary/aromatic N) is 4. The van der Waals surface area contributed by atoms with Crippen LogP contribution >= 0.6 is 23.1 Å². The van der Waals surface area contributed by atoms with Crippen LogP contribution in [0.5, 0.6) is 0 Å². The highest BCUT2D eigenvalue weighted by atomic mass is 32.2. The molecule has 24 heavy (non-hydrogen) atoms. The number of carbonyl (C=O) groups excluding carboxylic acids is 1. The highest BCUT2D eigenvalue weighted by Gasteiger charge is 2.26. The average molecular weight is 365 g/mol. The normalized spacial score (nSPS) is 18.0. The standard InChI is InChI=1S/C17H24N4OS2/c1-2-23-17-19-14(12-24-17)11-16(22)21-8-4-3-5-15(21)6-9-20-10-7-18-13-20/h7,10,12-13,15H,2-6,8-9,11H2,1H3/t15-/m1/s1. The molecule has 1 aliphatic heterocycles. The van der Waals surface area contributed by atoms with Gasteiger partial charge in [0.25, 0.3) is 0 Å². The van der Waals surface area contributed by atoms with Crippen molar-refractivity contribution in [3.05, 3.63) is 29.8 Å². The summed E-state index contributed by atoms with van der Waals surface area (Å²) in [5.41, 5.74) is 0.917. The summed E-state index contributed by atoms with van der Waals surface area (Å²) in [6.07, 6.45) is 10.5. The van der Waals surface area contributed by atoms with E-state index >= 15 is 0 Å². The number of imidazole rings is 1. The van der Waals surface area contributed by atoms with Crippen molar-refractivity contribution < 1.29 is 4.79 Å². The first kappa shape index (κ1) is 17.5. The zero-order chi connectivity index (χ0) is 16.8. The number of hydrogen-bond acceptors (Lipinski definition) is 5. The third-order valence-electron chi connectivity index (χ3n) is 4.36. The molecule has 5 nitrogen and oxygen atoms in total. The minimum atomic E-state index is 0.226. The second-order valence-corrected chi connectivity index (χ2v) is 8.41. The lowest BCUT2D eigenvalue weighted by molar-refractivity contribution is -0.134. The maximum Gasteiger partial charge on any atom is 0.228 e. The number of piperidine rings is 1. The zero-order valence-electron chi connectivity index (χ0n) is 14.1. The summed E-state index contributed by atoms with van der Waals surface area (Å²) in [7, 11) is 0. The molecule has 130 valence electrons. The second-order valence-electron chi connectivity index (χ2n) is 6.04. The van der Waals surface area contributed by atoms with Crippen LogP contribution in [0, 0.1) is 0 Å². The van der Waals surface area contributed by atoms with E-state index in [1.54, 1.807) is 29.3 Å². The molecule has 1 amide bonds. The van der Waals surface area contributed by atoms with Gasteiger partial charge in [-0.25, -0.2) is 9.97 Å². The Hall–Kier alpha value is -1.34. The Morgan fingerprint density at radius 2 is 2.38 bits per heavy atom. The molecule has 7 heteroatoms. The number of carbonyl (C=O) groups is 1. The number of amides is 1. The van der Waals surface area contributed by atoms with E-state index in [9.17, 15) is 4.79 Å². The van der Waals surface area contributed by atoms with Crippen molar-refractivity contribution in [2.24, 2.45) is 0 Å². The molecule has 3 heterocycles. The van der Waals surface area contributed by atoms with Crippen LogP contribution in [0.4, 0.5) is 0 Å². The molecule has 0 radical (unpaired) electrons. The van der Waals surface area contributed by atoms with Gasteiger partial charge < -0.3 is 9.47 Å². The fourth-order valence-electron chi connectivity index (χ4n) is 3.16. The Morgan fingerprint density at radius 1 is 1.46 bits per heavy atom. The number of thioether (sulfide) groups is 1. The van der Waals surface area contributed by atoms with E-state index in [-0.39, 0.29) is 5.91 Å². The third kappa shape index (κ3) is 4.60. The molecule has 0 bridgehead atoms. The van der Waals surface area contributed by atoms with Gasteiger partial charge in [0, 0.05) is 36.9 Å². The first-order chi connectivity index (χ1) is 11.8. The highest BCUT2D eigenvalue weighted by Crippen LogP contribution is 2.24. The van der Waals surface area contributed by atoms with Crippen molar-refractivity contribution in [1.82, 2.24) is 19.4 Å². The molecule has 0 unspecified atom stereocenters. The minimum Gasteiger partial charge on any atom is -0.339 e. The summed E-state index contributed by atoms with van der Waals surface area (Å²) in [6, 6.07) is 0.344. The molecule has 1 aliphatic rings. The van der Waals surface area contributed by atoms with Crippen LogP contribution in [0.15, 0.2) is 28.4 Å². The summed E-state index contributed by atoms with van der Waals surface area (Å²) in [4.78, 5) is 23.5. The van der Waals surface area contributed by atoms with Gasteiger partial charge in [-0.05, 0) is 31.4 Å². The lowest BCUT2D eigenvalue weighted by Crippen LogP contribution is -2.44. The van der Waals surface area contributed by atoms with Crippen molar-refractivity contribution in [1.29, 1.82) is 0 Å². The summed E-state index contributed by atoms with van der Waals surface area (Å²) < 4.78 is 3.15. The van der Waals surface area contributed by atoms with Crippen LogP contribution in [0.2, 0.25) is 0 Å². The highest BCUT2D eigenvalue weighted by molar-refractivity contribution is 8.00. The van der Waals surface area contributed by atoms with Gasteiger partial charge in [0.1, 0.15) is 4.34 Å². The number of likely N-dealkylation sites (tertiary alicyclic amines) is 1. The molecule has 1 fully saturated rings. The maximum atomic E-state index is 12.8. The quantitative estimate of drug-likeness (QED) is 0.706. The topological polar surface area (TPSA) is 51.0 Å². The molecule has 3 rings (SSSR count). The average Bonchev–Trinajstić information content (AvgIpc) is 3.25. The molecular weight excluding hydrogens is 340 g/mol. The third-order valence-corrected chi connectivity index (χ3v) is 6.31. The maximum absolute atomic E-state index is 12.8. The predicted octanol–water partition coefficient (Wildman–Crippen LogP) is 3.47. The van der Waals surface area contributed by atoms with Gasteiger partial charge in [0.15, 0.2) is 0 Å². The van der Waals surface area contributed by atoms with Gasteiger partial charge >= 0.3 is 0 Å². The number of thiazole rings is 1. The molecular formula is C17H24N4OS2. The van der Waals surface area contributed by atoms with Gasteiger partial charge in [-0.15, -0.1) is 11.3 Å². The van der Waals surface area contributed by atoms with E-state index in [0.29, 0.717) is 12.5 Å². The molecule has 0 saturated carbocycles. The lowest BCUT2D eigenvalue weighted by Gasteiger charge is -2.36. The van der Waals surface area contributed by atoms with E-state index in [4.69, 9.17) is 0 Å². The number of hydrogen-bond donors (Lipinski definition) is 0. The van der Waals surface area contributed by atoms with E-state index in [0.717, 1.165) is 48.1 Å². The van der Waals surface area contributed by atoms with Crippen molar-refractivity contribution >= 4 is 29.0 Å². The molecule has 0 spiro atoms. The van der Waals surface area contributed by atoms with Gasteiger partial charge in [0.2, 0.25) is 5.91 Å². The van der Waals surface area contributed by atoms with Gasteiger partial charge in [-0.1, -0.05) is 18.7 Å². The SMILES string of the molecule is CCSc1nc(CC(=O)N2CCCC[C@@H]2CCn2ccnc2)cs1. The Morgan fingerprint density at radius 3 is 3.17 bits per heavy atom. The Labute approximate surface area is 151 Å². The monoisotopic (exact) mass is 364 g/mol. The second kappa shape index (κ2) is 8.67. The van der Waals surface area contributed by atoms with E-state index in [2.05, 4.69) is 26.4 Å². The molecule has 0 aliphatic carbocycles. The van der Waals surface area contributed by atoms with Crippen molar-refractivity contribution in [2.75, 3.05) is 12.3 Å². The van der Waals surface area contributed by atoms with Gasteiger partial charge in [-0.2, -0.15) is 0 Å². The number of aromatic nitrogens is 3. The molecule has 1 atom stereocenters. The zero-order valence-corrected chi connectivity index (χ0v) is 15.7. The summed E-state index contributed by atoms with van der Waals surface area (Å²) in [5, 5.41) is 2.03. The largest absolute Gasteiger partial charge is 0.339 e. The molecule has 0 aromatic carbocycles. The minimum absolute atomic E-state index is 0.226. The number of aryl methyl sites for hydroxylation is 1. The molecule has 0 N–H and O–H groups in total.